The van der Waals surface area contributed by atoms with E-state index < -0.39 is 11.9 Å². The zero-order chi connectivity index (χ0) is 16.5. The number of aliphatic carboxylic acids is 1. The molecule has 0 aromatic heterocycles. The topological polar surface area (TPSA) is 74.7 Å². The number of carboxylic acid groups (broad SMARTS) is 1. The van der Waals surface area contributed by atoms with E-state index >= 15 is 0 Å². The number of carboxylic acids is 1. The molecular weight excluding hydrogens is 282 g/mol. The average Bonchev–Trinajstić information content (AvgIpc) is 2.52. The Morgan fingerprint density at radius 1 is 1.23 bits per heavy atom. The Labute approximate surface area is 130 Å². The standard InChI is InChI=1S/C17H21NO4/c1-3-11-18(12-13(2)17(21)22)16(20)10-9-15(19)14-7-5-4-6-8-14/h3-8,13H,1,9-12H2,2H3,(H,21,22). The van der Waals surface area contributed by atoms with E-state index in [0.29, 0.717) is 5.56 Å². The van der Waals surface area contributed by atoms with Gasteiger partial charge >= 0.3 is 5.97 Å². The second-order valence-electron chi connectivity index (χ2n) is 5.12. The monoisotopic (exact) mass is 303 g/mol. The fourth-order valence-electron chi connectivity index (χ4n) is 1.99. The molecule has 1 unspecified atom stereocenters. The van der Waals surface area contributed by atoms with Crippen molar-refractivity contribution in [1.82, 2.24) is 4.90 Å². The molecule has 0 saturated carbocycles. The average molecular weight is 303 g/mol. The van der Waals surface area contributed by atoms with Gasteiger partial charge in [0.1, 0.15) is 0 Å². The van der Waals surface area contributed by atoms with E-state index in [9.17, 15) is 14.4 Å². The van der Waals surface area contributed by atoms with Gasteiger partial charge in [-0.2, -0.15) is 0 Å². The van der Waals surface area contributed by atoms with Gasteiger partial charge < -0.3 is 10.0 Å². The molecule has 22 heavy (non-hydrogen) atoms. The molecule has 5 nitrogen and oxygen atoms in total. The highest BCUT2D eigenvalue weighted by Gasteiger charge is 2.20. The van der Waals surface area contributed by atoms with E-state index in [2.05, 4.69) is 6.58 Å². The van der Waals surface area contributed by atoms with E-state index in [0.717, 1.165) is 0 Å². The highest BCUT2D eigenvalue weighted by atomic mass is 16.4. The number of carbonyl (C=O) groups excluding carboxylic acids is 2. The van der Waals surface area contributed by atoms with Crippen molar-refractivity contribution in [2.24, 2.45) is 5.92 Å². The second-order valence-corrected chi connectivity index (χ2v) is 5.12. The lowest BCUT2D eigenvalue weighted by Crippen LogP contribution is -2.37. The number of Topliss-reactive ketones (excluding diaryl/α,β-unsaturated/α-hetero) is 1. The molecule has 0 fully saturated rings. The number of nitrogens with zero attached hydrogens (tertiary/aromatic N) is 1. The lowest BCUT2D eigenvalue weighted by atomic mass is 10.1. The summed E-state index contributed by atoms with van der Waals surface area (Å²) in [4.78, 5) is 36.5. The van der Waals surface area contributed by atoms with Gasteiger partial charge in [-0.05, 0) is 0 Å². The van der Waals surface area contributed by atoms with E-state index in [4.69, 9.17) is 5.11 Å². The van der Waals surface area contributed by atoms with E-state index in [1.54, 1.807) is 37.3 Å². The lowest BCUT2D eigenvalue weighted by Gasteiger charge is -2.23. The van der Waals surface area contributed by atoms with Crippen LogP contribution in [0.5, 0.6) is 0 Å². The first-order valence-corrected chi connectivity index (χ1v) is 7.15. The Kier molecular flexibility index (Phi) is 7.02. The van der Waals surface area contributed by atoms with Crippen molar-refractivity contribution in [3.63, 3.8) is 0 Å². The summed E-state index contributed by atoms with van der Waals surface area (Å²) in [5.41, 5.74) is 0.574. The first-order valence-electron chi connectivity index (χ1n) is 7.15. The molecule has 0 aliphatic heterocycles. The Hall–Kier alpha value is -2.43. The first kappa shape index (κ1) is 17.6. The van der Waals surface area contributed by atoms with Gasteiger partial charge in [0.15, 0.2) is 5.78 Å². The minimum absolute atomic E-state index is 0.0634. The van der Waals surface area contributed by atoms with E-state index in [1.165, 1.54) is 4.90 Å². The number of rotatable bonds is 9. The molecule has 0 aliphatic carbocycles. The van der Waals surface area contributed by atoms with Crippen LogP contribution in [0.1, 0.15) is 30.1 Å². The maximum absolute atomic E-state index is 12.2. The maximum atomic E-state index is 12.2. The third kappa shape index (κ3) is 5.52. The molecule has 1 amide bonds. The quantitative estimate of drug-likeness (QED) is 0.561. The predicted octanol–water partition coefficient (Wildman–Crippen LogP) is 2.38. The van der Waals surface area contributed by atoms with Crippen molar-refractivity contribution in [2.45, 2.75) is 19.8 Å². The molecule has 0 radical (unpaired) electrons. The Balaban J connectivity index is 2.58. The van der Waals surface area contributed by atoms with Crippen molar-refractivity contribution in [3.8, 4) is 0 Å². The first-order chi connectivity index (χ1) is 10.5. The molecule has 1 N–H and O–H groups in total. The molecule has 0 spiro atoms. The summed E-state index contributed by atoms with van der Waals surface area (Å²) in [7, 11) is 0. The van der Waals surface area contributed by atoms with Crippen molar-refractivity contribution in [1.29, 1.82) is 0 Å². The van der Waals surface area contributed by atoms with Crippen LogP contribution in [0.4, 0.5) is 0 Å². The van der Waals surface area contributed by atoms with Crippen LogP contribution in [0.2, 0.25) is 0 Å². The van der Waals surface area contributed by atoms with Gasteiger partial charge in [0.05, 0.1) is 5.92 Å². The molecule has 0 bridgehead atoms. The van der Waals surface area contributed by atoms with Crippen LogP contribution in [0, 0.1) is 5.92 Å². The number of carbonyl (C=O) groups is 3. The molecule has 1 rings (SSSR count). The van der Waals surface area contributed by atoms with Crippen LogP contribution in [-0.4, -0.2) is 40.8 Å². The molecule has 1 atom stereocenters. The molecule has 0 saturated heterocycles. The SMILES string of the molecule is C=CCN(CC(C)C(=O)O)C(=O)CCC(=O)c1ccccc1. The molecule has 0 heterocycles. The smallest absolute Gasteiger partial charge is 0.308 e. The highest BCUT2D eigenvalue weighted by molar-refractivity contribution is 5.97. The fraction of sp³-hybridized carbons (Fsp3) is 0.353. The summed E-state index contributed by atoms with van der Waals surface area (Å²) >= 11 is 0. The number of benzene rings is 1. The zero-order valence-corrected chi connectivity index (χ0v) is 12.7. The van der Waals surface area contributed by atoms with Gasteiger partial charge in [-0.15, -0.1) is 6.58 Å². The third-order valence-corrected chi connectivity index (χ3v) is 3.28. The summed E-state index contributed by atoms with van der Waals surface area (Å²) in [5.74, 6) is -1.95. The fourth-order valence-corrected chi connectivity index (χ4v) is 1.99. The normalized spacial score (nSPS) is 11.5. The van der Waals surface area contributed by atoms with Crippen LogP contribution in [0.3, 0.4) is 0 Å². The minimum Gasteiger partial charge on any atom is -0.481 e. The molecule has 1 aromatic carbocycles. The summed E-state index contributed by atoms with van der Waals surface area (Å²) in [5, 5.41) is 8.93. The van der Waals surface area contributed by atoms with Crippen molar-refractivity contribution >= 4 is 17.7 Å². The molecule has 0 aliphatic rings. The second kappa shape index (κ2) is 8.77. The highest BCUT2D eigenvalue weighted by Crippen LogP contribution is 2.09. The molecule has 118 valence electrons. The summed E-state index contributed by atoms with van der Waals surface area (Å²) in [6, 6.07) is 8.78. The van der Waals surface area contributed by atoms with Crippen LogP contribution in [0.15, 0.2) is 43.0 Å². The Morgan fingerprint density at radius 3 is 2.41 bits per heavy atom. The summed E-state index contributed by atoms with van der Waals surface area (Å²) in [6.07, 6.45) is 1.72. The predicted molar refractivity (Wildman–Crippen MR) is 83.6 cm³/mol. The minimum atomic E-state index is -0.956. The number of ketones is 1. The third-order valence-electron chi connectivity index (χ3n) is 3.28. The molecule has 1 aromatic rings. The Morgan fingerprint density at radius 2 is 1.86 bits per heavy atom. The van der Waals surface area contributed by atoms with Crippen LogP contribution in [-0.2, 0) is 9.59 Å². The number of amides is 1. The number of hydrogen-bond acceptors (Lipinski definition) is 3. The van der Waals surface area contributed by atoms with E-state index in [1.807, 2.05) is 6.07 Å². The van der Waals surface area contributed by atoms with Crippen molar-refractivity contribution in [3.05, 3.63) is 48.6 Å². The van der Waals surface area contributed by atoms with Crippen LogP contribution >= 0.6 is 0 Å². The molecular formula is C17H21NO4. The van der Waals surface area contributed by atoms with Gasteiger partial charge in [0.2, 0.25) is 5.91 Å². The van der Waals surface area contributed by atoms with Gasteiger partial charge in [0.25, 0.3) is 0 Å². The number of hydrogen-bond donors (Lipinski definition) is 1. The van der Waals surface area contributed by atoms with Gasteiger partial charge in [-0.25, -0.2) is 0 Å². The summed E-state index contributed by atoms with van der Waals surface area (Å²) in [6.45, 7) is 5.50. The van der Waals surface area contributed by atoms with Gasteiger partial charge in [0, 0.05) is 31.5 Å². The van der Waals surface area contributed by atoms with E-state index in [-0.39, 0.29) is 37.6 Å². The summed E-state index contributed by atoms with van der Waals surface area (Å²) < 4.78 is 0. The molecule has 5 heteroatoms. The van der Waals surface area contributed by atoms with Gasteiger partial charge in [-0.1, -0.05) is 43.3 Å². The van der Waals surface area contributed by atoms with Crippen LogP contribution in [0.25, 0.3) is 0 Å². The largest absolute Gasteiger partial charge is 0.481 e. The Bertz CT molecular complexity index is 539. The van der Waals surface area contributed by atoms with Crippen molar-refractivity contribution in [2.75, 3.05) is 13.1 Å². The van der Waals surface area contributed by atoms with Crippen molar-refractivity contribution < 1.29 is 19.5 Å². The maximum Gasteiger partial charge on any atom is 0.308 e. The van der Waals surface area contributed by atoms with Crippen LogP contribution < -0.4 is 0 Å². The lowest BCUT2D eigenvalue weighted by molar-refractivity contribution is -0.142. The van der Waals surface area contributed by atoms with Gasteiger partial charge in [-0.3, -0.25) is 14.4 Å². The zero-order valence-electron chi connectivity index (χ0n) is 12.7.